The Labute approximate surface area is 232 Å². The number of para-hydroxylation sites is 2. The number of nitro benzene ring substituents is 1. The Balaban J connectivity index is 1.64. The third-order valence-electron chi connectivity index (χ3n) is 5.95. The molecule has 3 aromatic carbocycles. The summed E-state index contributed by atoms with van der Waals surface area (Å²) < 4.78 is 23.1. The predicted molar refractivity (Wildman–Crippen MR) is 151 cm³/mol. The summed E-state index contributed by atoms with van der Waals surface area (Å²) in [5, 5.41) is 17.1. The molecule has 0 amide bonds. The van der Waals surface area contributed by atoms with Gasteiger partial charge in [-0.05, 0) is 50.2 Å². The van der Waals surface area contributed by atoms with Crippen LogP contribution in [0.2, 0.25) is 0 Å². The smallest absolute Gasteiger partial charge is 0.344 e. The van der Waals surface area contributed by atoms with Gasteiger partial charge in [0.05, 0.1) is 40.6 Å². The Kier molecular flexibility index (Phi) is 7.46. The van der Waals surface area contributed by atoms with Crippen LogP contribution in [-0.2, 0) is 9.53 Å². The van der Waals surface area contributed by atoms with Crippen LogP contribution >= 0.6 is 0 Å². The number of furan rings is 1. The zero-order chi connectivity index (χ0) is 29.1. The quantitative estimate of drug-likeness (QED) is 0.106. The molecule has 0 N–H and O–H groups in total. The van der Waals surface area contributed by atoms with Crippen LogP contribution in [-0.4, -0.2) is 46.6 Å². The van der Waals surface area contributed by atoms with Crippen molar-refractivity contribution in [1.29, 1.82) is 0 Å². The first-order valence-corrected chi connectivity index (χ1v) is 12.5. The van der Waals surface area contributed by atoms with Gasteiger partial charge in [-0.3, -0.25) is 14.9 Å². The Bertz CT molecular complexity index is 1870. The van der Waals surface area contributed by atoms with Crippen LogP contribution in [0.5, 0.6) is 11.5 Å². The molecule has 0 bridgehead atoms. The third kappa shape index (κ3) is 5.48. The molecule has 12 heteroatoms. The molecule has 41 heavy (non-hydrogen) atoms. The average Bonchev–Trinajstić information content (AvgIpc) is 3.39. The van der Waals surface area contributed by atoms with Crippen LogP contribution in [0.4, 0.5) is 5.69 Å². The van der Waals surface area contributed by atoms with E-state index < -0.39 is 23.1 Å². The van der Waals surface area contributed by atoms with E-state index in [-0.39, 0.29) is 34.7 Å². The highest BCUT2D eigenvalue weighted by atomic mass is 16.6. The van der Waals surface area contributed by atoms with Crippen molar-refractivity contribution in [2.24, 2.45) is 5.10 Å². The van der Waals surface area contributed by atoms with Gasteiger partial charge in [-0.15, -0.1) is 0 Å². The molecule has 0 saturated carbocycles. The van der Waals surface area contributed by atoms with Crippen LogP contribution < -0.4 is 15.0 Å². The summed E-state index contributed by atoms with van der Waals surface area (Å²) in [6.07, 6.45) is 0.836. The van der Waals surface area contributed by atoms with Crippen molar-refractivity contribution >= 4 is 39.7 Å². The molecule has 0 saturated heterocycles. The fourth-order valence-electron chi connectivity index (χ4n) is 4.21. The van der Waals surface area contributed by atoms with E-state index in [0.717, 1.165) is 4.68 Å². The molecular formula is C29H24N4O8. The van der Waals surface area contributed by atoms with Gasteiger partial charge < -0.3 is 18.6 Å². The summed E-state index contributed by atoms with van der Waals surface area (Å²) in [6, 6.07) is 17.9. The van der Waals surface area contributed by atoms with Crippen molar-refractivity contribution in [2.75, 3.05) is 13.7 Å². The maximum Gasteiger partial charge on any atom is 0.344 e. The van der Waals surface area contributed by atoms with Crippen molar-refractivity contribution in [1.82, 2.24) is 9.66 Å². The first kappa shape index (κ1) is 27.1. The molecule has 0 spiro atoms. The second kappa shape index (κ2) is 11.3. The van der Waals surface area contributed by atoms with Crippen LogP contribution in [0, 0.1) is 10.1 Å². The summed E-state index contributed by atoms with van der Waals surface area (Å²) >= 11 is 0. The number of nitrogens with zero attached hydrogens (tertiary/aromatic N) is 4. The molecule has 12 nitrogen and oxygen atoms in total. The number of carbonyl (C=O) groups excluding carboxylic acids is 1. The number of aromatic nitrogens is 2. The lowest BCUT2D eigenvalue weighted by Crippen LogP contribution is -2.21. The number of methoxy groups -OCH3 is 1. The number of ether oxygens (including phenoxy) is 3. The zero-order valence-corrected chi connectivity index (χ0v) is 22.3. The Morgan fingerprint density at radius 2 is 1.90 bits per heavy atom. The van der Waals surface area contributed by atoms with Gasteiger partial charge in [0.25, 0.3) is 5.56 Å². The van der Waals surface area contributed by atoms with Crippen LogP contribution in [0.15, 0.2) is 81.0 Å². The van der Waals surface area contributed by atoms with E-state index in [1.165, 1.54) is 31.5 Å². The van der Waals surface area contributed by atoms with E-state index in [1.54, 1.807) is 62.4 Å². The maximum atomic E-state index is 13.6. The van der Waals surface area contributed by atoms with E-state index in [2.05, 4.69) is 10.1 Å². The first-order chi connectivity index (χ1) is 19.8. The van der Waals surface area contributed by atoms with Crippen molar-refractivity contribution in [3.8, 4) is 23.1 Å². The molecular weight excluding hydrogens is 532 g/mol. The van der Waals surface area contributed by atoms with E-state index in [1.807, 2.05) is 0 Å². The second-order valence-corrected chi connectivity index (χ2v) is 9.08. The zero-order valence-electron chi connectivity index (χ0n) is 22.3. The number of esters is 1. The number of hydrogen-bond acceptors (Lipinski definition) is 10. The number of rotatable bonds is 9. The van der Waals surface area contributed by atoms with Crippen molar-refractivity contribution in [3.05, 3.63) is 92.8 Å². The van der Waals surface area contributed by atoms with E-state index in [0.29, 0.717) is 27.6 Å². The van der Waals surface area contributed by atoms with Crippen LogP contribution in [0.3, 0.4) is 0 Å². The standard InChI is InChI=1S/C29H24N4O8/c1-17(2)40-26(34)16-39-27-18(8-6-11-22(27)33(36)37)15-30-32-28(31-21-10-5-4-9-19(21)29(32)35)25-14-20-23(38-3)12-7-13-24(20)41-25/h4-15,17H,16H2,1-3H3. The monoisotopic (exact) mass is 556 g/mol. The second-order valence-electron chi connectivity index (χ2n) is 9.08. The summed E-state index contributed by atoms with van der Waals surface area (Å²) in [5.74, 6) is 0.00972. The number of fused-ring (bicyclic) bond motifs is 2. The highest BCUT2D eigenvalue weighted by molar-refractivity contribution is 5.89. The maximum absolute atomic E-state index is 13.6. The molecule has 5 aromatic rings. The van der Waals surface area contributed by atoms with Crippen molar-refractivity contribution < 1.29 is 28.3 Å². The van der Waals surface area contributed by atoms with Gasteiger partial charge in [0.1, 0.15) is 11.3 Å². The van der Waals surface area contributed by atoms with Gasteiger partial charge >= 0.3 is 11.7 Å². The normalized spacial score (nSPS) is 11.4. The number of carbonyl (C=O) groups is 1. The highest BCUT2D eigenvalue weighted by Gasteiger charge is 2.21. The van der Waals surface area contributed by atoms with Crippen LogP contribution in [0.1, 0.15) is 19.4 Å². The summed E-state index contributed by atoms with van der Waals surface area (Å²) in [5.41, 5.74) is 0.200. The number of nitro groups is 1. The number of benzene rings is 3. The van der Waals surface area contributed by atoms with Gasteiger partial charge in [-0.25, -0.2) is 9.78 Å². The lowest BCUT2D eigenvalue weighted by Gasteiger charge is -2.11. The molecule has 2 aromatic heterocycles. The molecule has 5 rings (SSSR count). The number of hydrogen-bond donors (Lipinski definition) is 0. The minimum Gasteiger partial charge on any atom is -0.496 e. The molecule has 2 heterocycles. The van der Waals surface area contributed by atoms with Gasteiger partial charge in [-0.1, -0.05) is 24.3 Å². The lowest BCUT2D eigenvalue weighted by molar-refractivity contribution is -0.385. The fraction of sp³-hybridized carbons (Fsp3) is 0.172. The fourth-order valence-corrected chi connectivity index (χ4v) is 4.21. The SMILES string of the molecule is COc1cccc2oc(-c3nc4ccccc4c(=O)n3N=Cc3cccc([N+](=O)[O-])c3OCC(=O)OC(C)C)cc12. The first-order valence-electron chi connectivity index (χ1n) is 12.5. The average molecular weight is 557 g/mol. The Morgan fingerprint density at radius 3 is 2.66 bits per heavy atom. The molecule has 0 unspecified atom stereocenters. The van der Waals surface area contributed by atoms with E-state index in [9.17, 15) is 19.7 Å². The van der Waals surface area contributed by atoms with E-state index >= 15 is 0 Å². The van der Waals surface area contributed by atoms with Gasteiger partial charge in [0, 0.05) is 11.6 Å². The molecule has 0 atom stereocenters. The van der Waals surface area contributed by atoms with Gasteiger partial charge in [-0.2, -0.15) is 9.78 Å². The van der Waals surface area contributed by atoms with Crippen molar-refractivity contribution in [3.63, 3.8) is 0 Å². The predicted octanol–water partition coefficient (Wildman–Crippen LogP) is 4.94. The summed E-state index contributed by atoms with van der Waals surface area (Å²) in [7, 11) is 1.54. The van der Waals surface area contributed by atoms with E-state index in [4.69, 9.17) is 18.6 Å². The molecule has 208 valence electrons. The molecule has 0 aliphatic rings. The highest BCUT2D eigenvalue weighted by Crippen LogP contribution is 2.33. The summed E-state index contributed by atoms with van der Waals surface area (Å²) in [6.45, 7) is 2.78. The minimum absolute atomic E-state index is 0.0941. The van der Waals surface area contributed by atoms with Crippen molar-refractivity contribution in [2.45, 2.75) is 20.0 Å². The largest absolute Gasteiger partial charge is 0.496 e. The Morgan fingerprint density at radius 1 is 1.12 bits per heavy atom. The third-order valence-corrected chi connectivity index (χ3v) is 5.95. The molecule has 0 aliphatic heterocycles. The van der Waals surface area contributed by atoms with Crippen LogP contribution in [0.25, 0.3) is 33.5 Å². The van der Waals surface area contributed by atoms with Gasteiger partial charge in [0.15, 0.2) is 12.4 Å². The lowest BCUT2D eigenvalue weighted by atomic mass is 10.2. The Hall–Kier alpha value is -5.52. The molecule has 0 radical (unpaired) electrons. The molecule has 0 aliphatic carbocycles. The molecule has 0 fully saturated rings. The summed E-state index contributed by atoms with van der Waals surface area (Å²) in [4.78, 5) is 41.4. The minimum atomic E-state index is -0.696. The topological polar surface area (TPSA) is 148 Å². The van der Waals surface area contributed by atoms with Gasteiger partial charge in [0.2, 0.25) is 11.6 Å².